The number of rotatable bonds is 2. The second kappa shape index (κ2) is 8.00. The fourth-order valence-corrected chi connectivity index (χ4v) is 4.42. The lowest BCUT2D eigenvalue weighted by Gasteiger charge is -2.32. The quantitative estimate of drug-likeness (QED) is 0.481. The molecule has 0 unspecified atom stereocenters. The maximum absolute atomic E-state index is 11.8. The van der Waals surface area contributed by atoms with Crippen molar-refractivity contribution in [1.29, 1.82) is 0 Å². The molecule has 0 bridgehead atoms. The zero-order chi connectivity index (χ0) is 21.4. The maximum Gasteiger partial charge on any atom is 0.409 e. The molecular weight excluding hydrogens is 400 g/mol. The molecule has 154 valence electrons. The largest absolute Gasteiger partial charge is 0.453 e. The number of hydrogen-bond donors (Lipinski definition) is 0. The molecule has 1 fully saturated rings. The first-order valence-corrected chi connectivity index (χ1v) is 10.3. The number of aryl methyl sites for hydroxylation is 2. The van der Waals surface area contributed by atoms with Crippen LogP contribution in [0.3, 0.4) is 0 Å². The summed E-state index contributed by atoms with van der Waals surface area (Å²) in [5, 5.41) is 1.67. The van der Waals surface area contributed by atoms with Gasteiger partial charge in [0, 0.05) is 54.4 Å². The standard InChI is InChI=1S/C23H23ClN4O2/c1-14-9-21-17(10-20(14)25-3)19(18-12-26-11-15(2)22(18)24)13-28(21)16-5-7-27(8-6-16)23(29)30-4/h9-13,16H,5-8H2,1-2,4H3. The highest BCUT2D eigenvalue weighted by Gasteiger charge is 2.26. The van der Waals surface area contributed by atoms with Crippen molar-refractivity contribution in [3.05, 3.63) is 58.3 Å². The number of nitrogens with zero attached hydrogens (tertiary/aromatic N) is 4. The predicted molar refractivity (Wildman–Crippen MR) is 118 cm³/mol. The van der Waals surface area contributed by atoms with E-state index in [1.54, 1.807) is 17.3 Å². The minimum atomic E-state index is -0.276. The Labute approximate surface area is 180 Å². The number of methoxy groups -OCH3 is 1. The fraction of sp³-hybridized carbons (Fsp3) is 0.348. The molecule has 1 saturated heterocycles. The average Bonchev–Trinajstić information content (AvgIpc) is 3.12. The van der Waals surface area contributed by atoms with E-state index >= 15 is 0 Å². The van der Waals surface area contributed by atoms with Crippen molar-refractivity contribution in [2.75, 3.05) is 20.2 Å². The molecular formula is C23H23ClN4O2. The van der Waals surface area contributed by atoms with Gasteiger partial charge in [0.15, 0.2) is 5.69 Å². The summed E-state index contributed by atoms with van der Waals surface area (Å²) in [6, 6.07) is 4.28. The number of aromatic nitrogens is 2. The molecule has 4 rings (SSSR count). The molecule has 0 saturated carbocycles. The van der Waals surface area contributed by atoms with E-state index in [0.29, 0.717) is 23.8 Å². The Morgan fingerprint density at radius 1 is 1.20 bits per heavy atom. The van der Waals surface area contributed by atoms with Gasteiger partial charge in [-0.3, -0.25) is 4.98 Å². The first-order chi connectivity index (χ1) is 14.4. The summed E-state index contributed by atoms with van der Waals surface area (Å²) in [5.41, 5.74) is 5.42. The van der Waals surface area contributed by atoms with E-state index in [-0.39, 0.29) is 12.1 Å². The summed E-state index contributed by atoms with van der Waals surface area (Å²) in [6.07, 6.45) is 7.05. The molecule has 3 aromatic rings. The Hall–Kier alpha value is -3.04. The van der Waals surface area contributed by atoms with Crippen molar-refractivity contribution in [1.82, 2.24) is 14.5 Å². The molecule has 0 aliphatic carbocycles. The first kappa shape index (κ1) is 20.2. The van der Waals surface area contributed by atoms with Gasteiger partial charge in [0.2, 0.25) is 0 Å². The van der Waals surface area contributed by atoms with Crippen LogP contribution in [0.25, 0.3) is 26.9 Å². The summed E-state index contributed by atoms with van der Waals surface area (Å²) in [7, 11) is 1.41. The summed E-state index contributed by atoms with van der Waals surface area (Å²) in [5.74, 6) is 0. The van der Waals surface area contributed by atoms with Crippen molar-refractivity contribution in [3.8, 4) is 11.1 Å². The molecule has 6 nitrogen and oxygen atoms in total. The topological polar surface area (TPSA) is 51.7 Å². The second-order valence-corrected chi connectivity index (χ2v) is 8.10. The van der Waals surface area contributed by atoms with Gasteiger partial charge in [-0.2, -0.15) is 0 Å². The van der Waals surface area contributed by atoms with Crippen LogP contribution in [0.5, 0.6) is 0 Å². The van der Waals surface area contributed by atoms with E-state index in [0.717, 1.165) is 46.0 Å². The molecule has 1 aromatic carbocycles. The van der Waals surface area contributed by atoms with Crippen LogP contribution >= 0.6 is 11.6 Å². The van der Waals surface area contributed by atoms with Crippen molar-refractivity contribution in [2.45, 2.75) is 32.7 Å². The average molecular weight is 423 g/mol. The summed E-state index contributed by atoms with van der Waals surface area (Å²) in [6.45, 7) is 12.7. The Balaban J connectivity index is 1.83. The van der Waals surface area contributed by atoms with Crippen LogP contribution in [0.2, 0.25) is 5.02 Å². The number of fused-ring (bicyclic) bond motifs is 1. The number of halogens is 1. The summed E-state index contributed by atoms with van der Waals surface area (Å²) >= 11 is 6.63. The van der Waals surface area contributed by atoms with Gasteiger partial charge in [0.25, 0.3) is 0 Å². The highest BCUT2D eigenvalue weighted by Crippen LogP contribution is 2.41. The van der Waals surface area contributed by atoms with Crippen LogP contribution in [-0.4, -0.2) is 40.7 Å². The molecule has 1 aliphatic rings. The number of carbonyl (C=O) groups excluding carboxylic acids is 1. The lowest BCUT2D eigenvalue weighted by molar-refractivity contribution is 0.107. The normalized spacial score (nSPS) is 14.7. The second-order valence-electron chi connectivity index (χ2n) is 7.72. The van der Waals surface area contributed by atoms with Gasteiger partial charge in [0.1, 0.15) is 0 Å². The summed E-state index contributed by atoms with van der Waals surface area (Å²) < 4.78 is 7.14. The van der Waals surface area contributed by atoms with Crippen LogP contribution in [0.1, 0.15) is 30.0 Å². The van der Waals surface area contributed by atoms with E-state index < -0.39 is 0 Å². The molecule has 3 heterocycles. The first-order valence-electron chi connectivity index (χ1n) is 9.90. The van der Waals surface area contributed by atoms with E-state index in [4.69, 9.17) is 22.9 Å². The minimum Gasteiger partial charge on any atom is -0.453 e. The minimum absolute atomic E-state index is 0.247. The van der Waals surface area contributed by atoms with Gasteiger partial charge in [-0.25, -0.2) is 9.64 Å². The lowest BCUT2D eigenvalue weighted by Crippen LogP contribution is -2.38. The smallest absolute Gasteiger partial charge is 0.409 e. The molecule has 2 aromatic heterocycles. The molecule has 0 spiro atoms. The zero-order valence-corrected chi connectivity index (χ0v) is 18.0. The van der Waals surface area contributed by atoms with Gasteiger partial charge in [-0.15, -0.1) is 0 Å². The highest BCUT2D eigenvalue weighted by atomic mass is 35.5. The number of ether oxygens (including phenoxy) is 1. The molecule has 0 radical (unpaired) electrons. The van der Waals surface area contributed by atoms with Crippen molar-refractivity contribution in [3.63, 3.8) is 0 Å². The van der Waals surface area contributed by atoms with E-state index in [1.807, 2.05) is 19.9 Å². The third kappa shape index (κ3) is 3.40. The summed E-state index contributed by atoms with van der Waals surface area (Å²) in [4.78, 5) is 21.6. The van der Waals surface area contributed by atoms with Gasteiger partial charge in [-0.1, -0.05) is 11.6 Å². The van der Waals surface area contributed by atoms with Crippen LogP contribution in [0, 0.1) is 20.4 Å². The third-order valence-corrected chi connectivity index (χ3v) is 6.41. The Kier molecular flexibility index (Phi) is 5.40. The molecule has 0 N–H and O–H groups in total. The van der Waals surface area contributed by atoms with Gasteiger partial charge in [0.05, 0.1) is 18.7 Å². The predicted octanol–water partition coefficient (Wildman–Crippen LogP) is 5.93. The van der Waals surface area contributed by atoms with E-state index in [9.17, 15) is 4.79 Å². The number of carbonyl (C=O) groups is 1. The fourth-order valence-electron chi connectivity index (χ4n) is 4.22. The number of amides is 1. The van der Waals surface area contributed by atoms with Crippen LogP contribution in [0.4, 0.5) is 10.5 Å². The lowest BCUT2D eigenvalue weighted by atomic mass is 10.0. The SMILES string of the molecule is [C-]#[N+]c1cc2c(-c3cncc(C)c3Cl)cn(C3CCN(C(=O)OC)CC3)c2cc1C. The highest BCUT2D eigenvalue weighted by molar-refractivity contribution is 6.34. The Morgan fingerprint density at radius 3 is 2.60 bits per heavy atom. The van der Waals surface area contributed by atoms with Crippen LogP contribution < -0.4 is 0 Å². The Morgan fingerprint density at radius 2 is 1.93 bits per heavy atom. The Bertz CT molecular complexity index is 1170. The van der Waals surface area contributed by atoms with Gasteiger partial charge >= 0.3 is 6.09 Å². The number of likely N-dealkylation sites (tertiary alicyclic amines) is 1. The monoisotopic (exact) mass is 422 g/mol. The van der Waals surface area contributed by atoms with Gasteiger partial charge < -0.3 is 14.2 Å². The molecule has 1 amide bonds. The van der Waals surface area contributed by atoms with Gasteiger partial charge in [-0.05, 0) is 55.3 Å². The number of pyridine rings is 1. The van der Waals surface area contributed by atoms with Crippen molar-refractivity contribution < 1.29 is 9.53 Å². The molecule has 7 heteroatoms. The zero-order valence-electron chi connectivity index (χ0n) is 17.3. The van der Waals surface area contributed by atoms with Crippen LogP contribution in [-0.2, 0) is 4.74 Å². The number of hydrogen-bond acceptors (Lipinski definition) is 3. The van der Waals surface area contributed by atoms with E-state index in [1.165, 1.54) is 7.11 Å². The molecule has 30 heavy (non-hydrogen) atoms. The maximum atomic E-state index is 11.8. The third-order valence-electron chi connectivity index (χ3n) is 5.91. The van der Waals surface area contributed by atoms with Crippen molar-refractivity contribution in [2.24, 2.45) is 0 Å². The van der Waals surface area contributed by atoms with Crippen molar-refractivity contribution >= 4 is 34.3 Å². The van der Waals surface area contributed by atoms with E-state index in [2.05, 4.69) is 26.7 Å². The molecule has 0 atom stereocenters. The van der Waals surface area contributed by atoms with Crippen LogP contribution in [0.15, 0.2) is 30.7 Å². The number of piperidine rings is 1. The number of benzene rings is 1. The molecule has 1 aliphatic heterocycles.